The zero-order valence-electron chi connectivity index (χ0n) is 21.5. The molecule has 2 fully saturated rings. The molecule has 0 bridgehead atoms. The van der Waals surface area contributed by atoms with Crippen LogP contribution in [0.5, 0.6) is 0 Å². The smallest absolute Gasteiger partial charge is 0.270 e. The fourth-order valence-corrected chi connectivity index (χ4v) is 5.77. The number of rotatable bonds is 6. The van der Waals surface area contributed by atoms with Crippen LogP contribution in [0.3, 0.4) is 0 Å². The maximum Gasteiger partial charge on any atom is 0.270 e. The Bertz CT molecular complexity index is 1470. The van der Waals surface area contributed by atoms with Gasteiger partial charge in [-0.25, -0.2) is 9.37 Å². The number of halogens is 1. The molecular formula is C29H31FN6O. The third-order valence-corrected chi connectivity index (χ3v) is 7.96. The lowest BCUT2D eigenvalue weighted by Crippen LogP contribution is -2.44. The average Bonchev–Trinajstić information content (AvgIpc) is 3.72. The van der Waals surface area contributed by atoms with Crippen molar-refractivity contribution in [3.05, 3.63) is 63.3 Å². The lowest BCUT2D eigenvalue weighted by Gasteiger charge is -2.42. The lowest BCUT2D eigenvalue weighted by molar-refractivity contribution is 0.365. The van der Waals surface area contributed by atoms with Gasteiger partial charge >= 0.3 is 0 Å². The molecule has 2 aromatic heterocycles. The van der Waals surface area contributed by atoms with Crippen LogP contribution in [-0.2, 0) is 7.05 Å². The standard InChI is InChI=1S/C29H31FN6O/c1-18-12-20(30)14-24(13-18)36(17-19-4-5-19)23-9-7-22(8-10-23)34(2)28-25(16-32)29(37)35(3)26-11-6-21(15-31)33-27(26)28/h6,11-14,19,22-23H,4-5,7-10,17H2,1-3H3/t22-,23-. The third-order valence-electron chi connectivity index (χ3n) is 7.96. The number of benzene rings is 1. The molecule has 0 atom stereocenters. The second-order valence-electron chi connectivity index (χ2n) is 10.5. The van der Waals surface area contributed by atoms with Crippen LogP contribution < -0.4 is 15.4 Å². The highest BCUT2D eigenvalue weighted by molar-refractivity contribution is 5.92. The van der Waals surface area contributed by atoms with Gasteiger partial charge in [-0.3, -0.25) is 4.79 Å². The van der Waals surface area contributed by atoms with Crippen LogP contribution in [-0.4, -0.2) is 35.2 Å². The summed E-state index contributed by atoms with van der Waals surface area (Å²) in [5.41, 5.74) is 3.39. The molecular weight excluding hydrogens is 467 g/mol. The average molecular weight is 499 g/mol. The molecule has 2 saturated carbocycles. The topological polar surface area (TPSA) is 89.0 Å². The molecule has 2 heterocycles. The van der Waals surface area contributed by atoms with Crippen molar-refractivity contribution < 1.29 is 4.39 Å². The Hall–Kier alpha value is -3.91. The van der Waals surface area contributed by atoms with Crippen molar-refractivity contribution in [3.8, 4) is 12.1 Å². The maximum atomic E-state index is 14.3. The second-order valence-corrected chi connectivity index (χ2v) is 10.5. The second kappa shape index (κ2) is 9.86. The molecule has 0 radical (unpaired) electrons. The Kier molecular flexibility index (Phi) is 6.60. The van der Waals surface area contributed by atoms with Crippen LogP contribution >= 0.6 is 0 Å². The molecule has 2 aliphatic carbocycles. The molecule has 190 valence electrons. The van der Waals surface area contributed by atoms with Crippen molar-refractivity contribution in [2.24, 2.45) is 13.0 Å². The molecule has 0 N–H and O–H groups in total. The van der Waals surface area contributed by atoms with Gasteiger partial charge in [-0.2, -0.15) is 10.5 Å². The van der Waals surface area contributed by atoms with E-state index in [-0.39, 0.29) is 28.7 Å². The largest absolute Gasteiger partial charge is 0.369 e. The first kappa shape index (κ1) is 24.8. The summed E-state index contributed by atoms with van der Waals surface area (Å²) in [6, 6.07) is 13.2. The molecule has 0 aliphatic heterocycles. The van der Waals surface area contributed by atoms with E-state index in [1.807, 2.05) is 18.9 Å². The maximum absolute atomic E-state index is 14.3. The molecule has 0 unspecified atom stereocenters. The molecule has 1 aromatic carbocycles. The summed E-state index contributed by atoms with van der Waals surface area (Å²) in [5.74, 6) is 0.476. The van der Waals surface area contributed by atoms with Crippen LogP contribution in [0.4, 0.5) is 15.8 Å². The summed E-state index contributed by atoms with van der Waals surface area (Å²) in [4.78, 5) is 21.9. The SMILES string of the molecule is Cc1cc(F)cc(N(CC2CC2)[C@H]2CC[C@H](N(C)c3c(C#N)c(=O)n(C)c4ccc(C#N)nc34)CC2)c1. The Labute approximate surface area is 216 Å². The third kappa shape index (κ3) is 4.76. The van der Waals surface area contributed by atoms with Gasteiger partial charge in [0.05, 0.1) is 11.2 Å². The van der Waals surface area contributed by atoms with Gasteiger partial charge < -0.3 is 14.4 Å². The van der Waals surface area contributed by atoms with Gasteiger partial charge in [-0.1, -0.05) is 0 Å². The van der Waals surface area contributed by atoms with E-state index in [9.17, 15) is 19.7 Å². The number of nitriles is 2. The molecule has 2 aliphatic rings. The summed E-state index contributed by atoms with van der Waals surface area (Å²) < 4.78 is 15.7. The fraction of sp³-hybridized carbons (Fsp3) is 0.448. The van der Waals surface area contributed by atoms with Crippen LogP contribution in [0, 0.1) is 41.3 Å². The van der Waals surface area contributed by atoms with E-state index in [2.05, 4.69) is 28.1 Å². The molecule has 8 heteroatoms. The van der Waals surface area contributed by atoms with Gasteiger partial charge in [-0.15, -0.1) is 0 Å². The number of pyridine rings is 2. The summed E-state index contributed by atoms with van der Waals surface area (Å²) in [5, 5.41) is 19.3. The molecule has 0 spiro atoms. The van der Waals surface area contributed by atoms with Gasteiger partial charge in [0.15, 0.2) is 0 Å². The van der Waals surface area contributed by atoms with E-state index in [4.69, 9.17) is 0 Å². The molecule has 0 amide bonds. The highest BCUT2D eigenvalue weighted by atomic mass is 19.1. The number of fused-ring (bicyclic) bond motifs is 1. The van der Waals surface area contributed by atoms with Crippen LogP contribution in [0.1, 0.15) is 55.3 Å². The van der Waals surface area contributed by atoms with E-state index >= 15 is 0 Å². The van der Waals surface area contributed by atoms with Crippen molar-refractivity contribution in [2.75, 3.05) is 23.4 Å². The van der Waals surface area contributed by atoms with Crippen molar-refractivity contribution in [3.63, 3.8) is 0 Å². The summed E-state index contributed by atoms with van der Waals surface area (Å²) in [6.07, 6.45) is 6.06. The number of aromatic nitrogens is 2. The number of nitrogens with zero attached hydrogens (tertiary/aromatic N) is 6. The summed E-state index contributed by atoms with van der Waals surface area (Å²) in [7, 11) is 3.54. The minimum atomic E-state index is -0.367. The first-order valence-corrected chi connectivity index (χ1v) is 12.9. The molecule has 37 heavy (non-hydrogen) atoms. The normalized spacial score (nSPS) is 19.3. The number of anilines is 2. The van der Waals surface area contributed by atoms with Crippen molar-refractivity contribution in [2.45, 2.75) is 57.5 Å². The number of hydrogen-bond donors (Lipinski definition) is 0. The van der Waals surface area contributed by atoms with Gasteiger partial charge in [0.25, 0.3) is 5.56 Å². The van der Waals surface area contributed by atoms with Crippen molar-refractivity contribution in [1.29, 1.82) is 10.5 Å². The minimum Gasteiger partial charge on any atom is -0.369 e. The zero-order chi connectivity index (χ0) is 26.3. The quantitative estimate of drug-likeness (QED) is 0.486. The minimum absolute atomic E-state index is 0.0489. The predicted octanol–water partition coefficient (Wildman–Crippen LogP) is 4.79. The van der Waals surface area contributed by atoms with E-state index in [0.29, 0.717) is 28.7 Å². The monoisotopic (exact) mass is 498 g/mol. The van der Waals surface area contributed by atoms with E-state index in [1.165, 1.54) is 17.4 Å². The van der Waals surface area contributed by atoms with Crippen LogP contribution in [0.2, 0.25) is 0 Å². The van der Waals surface area contributed by atoms with Crippen molar-refractivity contribution in [1.82, 2.24) is 9.55 Å². The molecule has 3 aromatic rings. The van der Waals surface area contributed by atoms with Crippen LogP contribution in [0.15, 0.2) is 35.1 Å². The van der Waals surface area contributed by atoms with E-state index in [0.717, 1.165) is 43.5 Å². The molecule has 7 nitrogen and oxygen atoms in total. The Morgan fingerprint density at radius 2 is 1.76 bits per heavy atom. The predicted molar refractivity (Wildman–Crippen MR) is 142 cm³/mol. The Balaban J connectivity index is 1.44. The van der Waals surface area contributed by atoms with Gasteiger partial charge in [0, 0.05) is 38.4 Å². The number of hydrogen-bond acceptors (Lipinski definition) is 6. The van der Waals surface area contributed by atoms with Crippen LogP contribution in [0.25, 0.3) is 11.0 Å². The molecule has 5 rings (SSSR count). The Morgan fingerprint density at radius 1 is 1.05 bits per heavy atom. The Morgan fingerprint density at radius 3 is 2.38 bits per heavy atom. The fourth-order valence-electron chi connectivity index (χ4n) is 5.77. The van der Waals surface area contributed by atoms with E-state index < -0.39 is 0 Å². The van der Waals surface area contributed by atoms with Gasteiger partial charge in [0.2, 0.25) is 0 Å². The lowest BCUT2D eigenvalue weighted by atomic mass is 9.88. The first-order chi connectivity index (χ1) is 17.8. The van der Waals surface area contributed by atoms with Gasteiger partial charge in [-0.05, 0) is 87.3 Å². The van der Waals surface area contributed by atoms with Gasteiger partial charge in [0.1, 0.15) is 34.7 Å². The zero-order valence-corrected chi connectivity index (χ0v) is 21.5. The number of aryl methyl sites for hydroxylation is 2. The van der Waals surface area contributed by atoms with Crippen molar-refractivity contribution >= 4 is 22.4 Å². The summed E-state index contributed by atoms with van der Waals surface area (Å²) in [6.45, 7) is 2.88. The highest BCUT2D eigenvalue weighted by Gasteiger charge is 2.33. The summed E-state index contributed by atoms with van der Waals surface area (Å²) >= 11 is 0. The highest BCUT2D eigenvalue weighted by Crippen LogP contribution is 2.38. The molecule has 0 saturated heterocycles. The first-order valence-electron chi connectivity index (χ1n) is 12.9. The van der Waals surface area contributed by atoms with E-state index in [1.54, 1.807) is 31.3 Å².